The highest BCUT2D eigenvalue weighted by Crippen LogP contribution is 2.16. The number of rotatable bonds is 6. The molecule has 0 aliphatic heterocycles. The lowest BCUT2D eigenvalue weighted by Crippen LogP contribution is -2.18. The van der Waals surface area contributed by atoms with E-state index in [0.29, 0.717) is 23.3 Å². The zero-order valence-corrected chi connectivity index (χ0v) is 11.7. The number of carbonyl (C=O) groups excluding carboxylic acids is 1. The monoisotopic (exact) mass is 286 g/mol. The van der Waals surface area contributed by atoms with Crippen LogP contribution in [0.25, 0.3) is 0 Å². The highest BCUT2D eigenvalue weighted by atomic mass is 35.5. The quantitative estimate of drug-likeness (QED) is 0.459. The average molecular weight is 287 g/mol. The maximum atomic E-state index is 11.3. The number of hydrogen-bond acceptors (Lipinski definition) is 3. The number of carbonyl (C=O) groups is 1. The molecule has 0 aliphatic rings. The average Bonchev–Trinajstić information content (AvgIpc) is 2.35. The summed E-state index contributed by atoms with van der Waals surface area (Å²) in [5.74, 6) is -0.579. The number of unbranched alkanes of at least 4 members (excludes halogenated alkanes) is 1. The molecule has 0 aromatic heterocycles. The maximum Gasteiger partial charge on any atom is 0.218 e. The van der Waals surface area contributed by atoms with Gasteiger partial charge in [-0.3, -0.25) is 0 Å². The third-order valence-electron chi connectivity index (χ3n) is 2.68. The minimum atomic E-state index is -2.40. The topological polar surface area (TPSA) is 51.2 Å². The van der Waals surface area contributed by atoms with Crippen molar-refractivity contribution in [2.75, 3.05) is 0 Å². The fourth-order valence-corrected chi connectivity index (χ4v) is 2.61. The Kier molecular flexibility index (Phi) is 6.09. The van der Waals surface area contributed by atoms with Crippen molar-refractivity contribution in [1.82, 2.24) is 0 Å². The molecule has 0 N–H and O–H groups in total. The van der Waals surface area contributed by atoms with Crippen molar-refractivity contribution < 1.29 is 13.2 Å². The van der Waals surface area contributed by atoms with Crippen molar-refractivity contribution in [1.29, 1.82) is 0 Å². The van der Waals surface area contributed by atoms with E-state index < -0.39 is 16.2 Å². The first kappa shape index (κ1) is 14.9. The molecule has 1 unspecified atom stereocenters. The van der Waals surface area contributed by atoms with Crippen LogP contribution in [0.2, 0.25) is 5.02 Å². The van der Waals surface area contributed by atoms with Crippen LogP contribution in [0.1, 0.15) is 31.7 Å². The summed E-state index contributed by atoms with van der Waals surface area (Å²) in [4.78, 5) is 11.2. The SMILES string of the molecule is CCCCC(C=O)C(c1ccc(Cl)cc1)=S(=O)=O. The standard InChI is InChI=1S/C13H15ClO3S/c1-2-3-4-11(9-15)13(18(16)17)10-5-7-12(14)8-6-10/h5-9,11H,2-4H2,1H3. The van der Waals surface area contributed by atoms with E-state index in [1.807, 2.05) is 6.92 Å². The van der Waals surface area contributed by atoms with Gasteiger partial charge >= 0.3 is 0 Å². The van der Waals surface area contributed by atoms with Crippen LogP contribution in [0.4, 0.5) is 0 Å². The van der Waals surface area contributed by atoms with Crippen LogP contribution < -0.4 is 0 Å². The summed E-state index contributed by atoms with van der Waals surface area (Å²) >= 11 is 5.76. The minimum absolute atomic E-state index is 0.148. The Hall–Kier alpha value is -1.13. The molecule has 98 valence electrons. The molecular formula is C13H15ClO3S. The summed E-state index contributed by atoms with van der Waals surface area (Å²) in [5.41, 5.74) is 0.529. The zero-order chi connectivity index (χ0) is 13.5. The molecule has 0 amide bonds. The van der Waals surface area contributed by atoms with Crippen molar-refractivity contribution >= 4 is 33.0 Å². The van der Waals surface area contributed by atoms with Gasteiger partial charge in [-0.25, -0.2) is 0 Å². The van der Waals surface area contributed by atoms with Gasteiger partial charge < -0.3 is 4.79 Å². The van der Waals surface area contributed by atoms with Crippen molar-refractivity contribution in [3.05, 3.63) is 34.9 Å². The van der Waals surface area contributed by atoms with E-state index in [-0.39, 0.29) is 4.86 Å². The summed E-state index contributed by atoms with van der Waals surface area (Å²) in [7, 11) is -2.40. The van der Waals surface area contributed by atoms with Gasteiger partial charge in [0.05, 0.1) is 10.8 Å². The lowest BCUT2D eigenvalue weighted by molar-refractivity contribution is -0.109. The Morgan fingerprint density at radius 3 is 2.39 bits per heavy atom. The molecule has 1 rings (SSSR count). The third-order valence-corrected chi connectivity index (χ3v) is 3.83. The maximum absolute atomic E-state index is 11.3. The fraction of sp³-hybridized carbons (Fsp3) is 0.385. The molecule has 5 heteroatoms. The summed E-state index contributed by atoms with van der Waals surface area (Å²) in [6.07, 6.45) is 2.99. The number of hydrogen-bond donors (Lipinski definition) is 0. The predicted molar refractivity (Wildman–Crippen MR) is 73.6 cm³/mol. The van der Waals surface area contributed by atoms with Crippen LogP contribution in [0.15, 0.2) is 24.3 Å². The van der Waals surface area contributed by atoms with E-state index in [1.165, 1.54) is 0 Å². The van der Waals surface area contributed by atoms with Gasteiger partial charge in [-0.1, -0.05) is 43.5 Å². The third kappa shape index (κ3) is 3.96. The summed E-state index contributed by atoms with van der Waals surface area (Å²) in [6, 6.07) is 6.47. The molecule has 0 aliphatic carbocycles. The summed E-state index contributed by atoms with van der Waals surface area (Å²) < 4.78 is 22.6. The molecule has 0 saturated heterocycles. The number of halogens is 1. The van der Waals surface area contributed by atoms with Crippen LogP contribution in [0.3, 0.4) is 0 Å². The second kappa shape index (κ2) is 7.34. The van der Waals surface area contributed by atoms with E-state index in [0.717, 1.165) is 12.8 Å². The molecular weight excluding hydrogens is 272 g/mol. The first-order valence-electron chi connectivity index (χ1n) is 5.77. The Balaban J connectivity index is 3.15. The van der Waals surface area contributed by atoms with E-state index in [2.05, 4.69) is 0 Å². The lowest BCUT2D eigenvalue weighted by Gasteiger charge is -2.10. The molecule has 0 radical (unpaired) electrons. The van der Waals surface area contributed by atoms with Gasteiger partial charge in [0.25, 0.3) is 0 Å². The van der Waals surface area contributed by atoms with Gasteiger partial charge in [0.1, 0.15) is 6.29 Å². The highest BCUT2D eigenvalue weighted by Gasteiger charge is 2.18. The second-order valence-corrected chi connectivity index (χ2v) is 5.34. The van der Waals surface area contributed by atoms with Crippen molar-refractivity contribution in [3.63, 3.8) is 0 Å². The van der Waals surface area contributed by atoms with Gasteiger partial charge in [0.15, 0.2) is 0 Å². The van der Waals surface area contributed by atoms with Gasteiger partial charge in [-0.2, -0.15) is 8.42 Å². The van der Waals surface area contributed by atoms with Crippen LogP contribution in [0.5, 0.6) is 0 Å². The molecule has 0 heterocycles. The van der Waals surface area contributed by atoms with E-state index >= 15 is 0 Å². The molecule has 18 heavy (non-hydrogen) atoms. The van der Waals surface area contributed by atoms with Gasteiger partial charge in [-0.05, 0) is 24.1 Å². The first-order chi connectivity index (χ1) is 8.60. The van der Waals surface area contributed by atoms with Crippen LogP contribution >= 0.6 is 11.6 Å². The zero-order valence-electron chi connectivity index (χ0n) is 10.1. The van der Waals surface area contributed by atoms with Crippen molar-refractivity contribution in [2.24, 2.45) is 5.92 Å². The molecule has 0 bridgehead atoms. The molecule has 1 atom stereocenters. The highest BCUT2D eigenvalue weighted by molar-refractivity contribution is 7.73. The van der Waals surface area contributed by atoms with Gasteiger partial charge in [-0.15, -0.1) is 0 Å². The molecule has 0 fully saturated rings. The molecule has 1 aromatic rings. The van der Waals surface area contributed by atoms with Crippen LogP contribution in [0, 0.1) is 5.92 Å². The van der Waals surface area contributed by atoms with Crippen molar-refractivity contribution in [3.8, 4) is 0 Å². The molecule has 0 saturated carbocycles. The van der Waals surface area contributed by atoms with Gasteiger partial charge in [0, 0.05) is 5.02 Å². The largest absolute Gasteiger partial charge is 0.303 e. The second-order valence-electron chi connectivity index (χ2n) is 3.99. The summed E-state index contributed by atoms with van der Waals surface area (Å²) in [5, 5.41) is 0.533. The number of benzene rings is 1. The Labute approximate surface area is 113 Å². The van der Waals surface area contributed by atoms with Crippen LogP contribution in [-0.2, 0) is 15.1 Å². The molecule has 1 aromatic carbocycles. The number of aldehydes is 1. The van der Waals surface area contributed by atoms with E-state index in [9.17, 15) is 13.2 Å². The smallest absolute Gasteiger partial charge is 0.218 e. The fourth-order valence-electron chi connectivity index (χ4n) is 1.73. The Morgan fingerprint density at radius 1 is 1.33 bits per heavy atom. The molecule has 3 nitrogen and oxygen atoms in total. The van der Waals surface area contributed by atoms with E-state index in [1.54, 1.807) is 24.3 Å². The molecule has 0 spiro atoms. The first-order valence-corrected chi connectivity index (χ1v) is 7.22. The Morgan fingerprint density at radius 2 is 1.94 bits per heavy atom. The summed E-state index contributed by atoms with van der Waals surface area (Å²) in [6.45, 7) is 2.00. The Bertz CT molecular complexity index is 524. The van der Waals surface area contributed by atoms with E-state index in [4.69, 9.17) is 11.6 Å². The minimum Gasteiger partial charge on any atom is -0.303 e. The predicted octanol–water partition coefficient (Wildman–Crippen LogP) is 2.74. The van der Waals surface area contributed by atoms with Crippen molar-refractivity contribution in [2.45, 2.75) is 26.2 Å². The normalized spacial score (nSPS) is 11.9. The lowest BCUT2D eigenvalue weighted by atomic mass is 9.95. The van der Waals surface area contributed by atoms with Crippen LogP contribution in [-0.4, -0.2) is 19.6 Å². The van der Waals surface area contributed by atoms with Gasteiger partial charge in [0.2, 0.25) is 10.3 Å².